The molecule has 1 aromatic carbocycles. The van der Waals surface area contributed by atoms with E-state index < -0.39 is 0 Å². The zero-order chi connectivity index (χ0) is 10.7. The van der Waals surface area contributed by atoms with Crippen LogP contribution in [-0.4, -0.2) is 30.7 Å². The average molecular weight is 234 g/mol. The van der Waals surface area contributed by atoms with Gasteiger partial charge >= 0.3 is 0 Å². The third-order valence-electron chi connectivity index (χ3n) is 2.12. The lowest BCUT2D eigenvalue weighted by Crippen LogP contribution is -2.23. The first-order chi connectivity index (χ1) is 6.56. The van der Waals surface area contributed by atoms with Gasteiger partial charge in [-0.15, -0.1) is 0 Å². The van der Waals surface area contributed by atoms with Crippen LogP contribution >= 0.6 is 23.2 Å². The van der Waals surface area contributed by atoms with E-state index >= 15 is 0 Å². The highest BCUT2D eigenvalue weighted by Crippen LogP contribution is 2.28. The van der Waals surface area contributed by atoms with Gasteiger partial charge in [0.25, 0.3) is 0 Å². The zero-order valence-electron chi connectivity index (χ0n) is 8.17. The van der Waals surface area contributed by atoms with Gasteiger partial charge in [-0.2, -0.15) is 0 Å². The number of nitrogens with zero attached hydrogens (tertiary/aromatic N) is 1. The van der Waals surface area contributed by atoms with Crippen molar-refractivity contribution in [3.8, 4) is 0 Å². The molecule has 0 heterocycles. The number of halogens is 2. The van der Waals surface area contributed by atoms with Crippen LogP contribution in [0.5, 0.6) is 0 Å². The van der Waals surface area contributed by atoms with Gasteiger partial charge in [-0.1, -0.05) is 29.3 Å². The molecule has 0 unspecified atom stereocenters. The van der Waals surface area contributed by atoms with Crippen molar-refractivity contribution < 1.29 is 5.11 Å². The van der Waals surface area contributed by atoms with Crippen LogP contribution in [0.2, 0.25) is 10.0 Å². The smallest absolute Gasteiger partial charge is 0.0628 e. The van der Waals surface area contributed by atoms with E-state index in [4.69, 9.17) is 23.2 Å². The molecule has 0 saturated heterocycles. The van der Waals surface area contributed by atoms with Crippen LogP contribution in [0.3, 0.4) is 0 Å². The monoisotopic (exact) mass is 233 g/mol. The van der Waals surface area contributed by atoms with E-state index in [1.807, 2.05) is 25.1 Å². The first-order valence-electron chi connectivity index (χ1n) is 4.28. The molecule has 1 rings (SSSR count). The second kappa shape index (κ2) is 4.99. The summed E-state index contributed by atoms with van der Waals surface area (Å²) in [5.74, 6) is 0. The Hall–Kier alpha value is -0.280. The fourth-order valence-corrected chi connectivity index (χ4v) is 1.85. The Labute approximate surface area is 94.1 Å². The largest absolute Gasteiger partial charge is 0.394 e. The topological polar surface area (TPSA) is 23.5 Å². The summed E-state index contributed by atoms with van der Waals surface area (Å²) in [7, 11) is 3.79. The minimum absolute atomic E-state index is 0.0361. The van der Waals surface area contributed by atoms with Crippen molar-refractivity contribution in [2.45, 2.75) is 6.04 Å². The number of rotatable bonds is 3. The third-order valence-corrected chi connectivity index (χ3v) is 2.68. The quantitative estimate of drug-likeness (QED) is 0.868. The molecule has 0 aliphatic rings. The summed E-state index contributed by atoms with van der Waals surface area (Å²) >= 11 is 11.8. The molecule has 0 radical (unpaired) electrons. The van der Waals surface area contributed by atoms with Gasteiger partial charge < -0.3 is 10.0 Å². The molecule has 0 saturated carbocycles. The first-order valence-corrected chi connectivity index (χ1v) is 5.04. The van der Waals surface area contributed by atoms with Gasteiger partial charge in [-0.25, -0.2) is 0 Å². The maximum atomic E-state index is 9.21. The standard InChI is InChI=1S/C10H13Cl2NO/c1-13(2)10(6-14)8-4-3-7(11)5-9(8)12/h3-5,10,14H,6H2,1-2H3/t10-/m1/s1. The van der Waals surface area contributed by atoms with Gasteiger partial charge in [0, 0.05) is 10.0 Å². The van der Waals surface area contributed by atoms with E-state index in [1.165, 1.54) is 0 Å². The van der Waals surface area contributed by atoms with Crippen LogP contribution < -0.4 is 0 Å². The Bertz CT molecular complexity index is 315. The summed E-state index contributed by atoms with van der Waals surface area (Å²) in [5, 5.41) is 10.4. The summed E-state index contributed by atoms with van der Waals surface area (Å²) in [5.41, 5.74) is 0.892. The van der Waals surface area contributed by atoms with Crippen LogP contribution in [0.4, 0.5) is 0 Å². The van der Waals surface area contributed by atoms with Crippen molar-refractivity contribution in [3.05, 3.63) is 33.8 Å². The number of aliphatic hydroxyl groups excluding tert-OH is 1. The number of hydrogen-bond acceptors (Lipinski definition) is 2. The molecule has 0 spiro atoms. The first kappa shape index (κ1) is 11.8. The highest BCUT2D eigenvalue weighted by Gasteiger charge is 2.15. The maximum Gasteiger partial charge on any atom is 0.0628 e. The van der Waals surface area contributed by atoms with E-state index in [1.54, 1.807) is 12.1 Å². The van der Waals surface area contributed by atoms with Gasteiger partial charge in [0.2, 0.25) is 0 Å². The SMILES string of the molecule is CN(C)[C@H](CO)c1ccc(Cl)cc1Cl. The summed E-state index contributed by atoms with van der Waals surface area (Å²) < 4.78 is 0. The van der Waals surface area contributed by atoms with E-state index in [2.05, 4.69) is 0 Å². The van der Waals surface area contributed by atoms with Crippen molar-refractivity contribution in [1.82, 2.24) is 4.90 Å². The molecule has 4 heteroatoms. The van der Waals surface area contributed by atoms with Crippen LogP contribution in [0.25, 0.3) is 0 Å². The second-order valence-electron chi connectivity index (χ2n) is 3.33. The number of aliphatic hydroxyl groups is 1. The Morgan fingerprint density at radius 3 is 2.43 bits per heavy atom. The predicted octanol–water partition coefficient (Wildman–Crippen LogP) is 2.59. The lowest BCUT2D eigenvalue weighted by atomic mass is 10.1. The van der Waals surface area contributed by atoms with Gasteiger partial charge in [0.1, 0.15) is 0 Å². The molecule has 0 bridgehead atoms. The Morgan fingerprint density at radius 1 is 1.36 bits per heavy atom. The molecular formula is C10H13Cl2NO. The summed E-state index contributed by atoms with van der Waals surface area (Å²) in [6.07, 6.45) is 0. The van der Waals surface area contributed by atoms with Crippen LogP contribution in [-0.2, 0) is 0 Å². The van der Waals surface area contributed by atoms with E-state index in [9.17, 15) is 5.11 Å². The lowest BCUT2D eigenvalue weighted by Gasteiger charge is -2.23. The summed E-state index contributed by atoms with van der Waals surface area (Å²) in [4.78, 5) is 1.91. The minimum atomic E-state index is -0.0835. The summed E-state index contributed by atoms with van der Waals surface area (Å²) in [6.45, 7) is 0.0361. The van der Waals surface area contributed by atoms with Crippen molar-refractivity contribution in [2.24, 2.45) is 0 Å². The van der Waals surface area contributed by atoms with Crippen molar-refractivity contribution in [2.75, 3.05) is 20.7 Å². The Balaban J connectivity index is 3.04. The van der Waals surface area contributed by atoms with Crippen molar-refractivity contribution in [3.63, 3.8) is 0 Å². The molecule has 0 fully saturated rings. The minimum Gasteiger partial charge on any atom is -0.394 e. The second-order valence-corrected chi connectivity index (χ2v) is 4.17. The Morgan fingerprint density at radius 2 is 2.00 bits per heavy atom. The van der Waals surface area contributed by atoms with Crippen LogP contribution in [0, 0.1) is 0 Å². The van der Waals surface area contributed by atoms with Crippen LogP contribution in [0.15, 0.2) is 18.2 Å². The molecular weight excluding hydrogens is 221 g/mol. The molecule has 0 amide bonds. The van der Waals surface area contributed by atoms with E-state index in [0.717, 1.165) is 5.56 Å². The normalized spacial score (nSPS) is 13.3. The van der Waals surface area contributed by atoms with Gasteiger partial charge in [-0.05, 0) is 31.8 Å². The van der Waals surface area contributed by atoms with Crippen molar-refractivity contribution >= 4 is 23.2 Å². The molecule has 2 nitrogen and oxygen atoms in total. The van der Waals surface area contributed by atoms with Gasteiger partial charge in [-0.3, -0.25) is 0 Å². The molecule has 1 N–H and O–H groups in total. The van der Waals surface area contributed by atoms with E-state index in [0.29, 0.717) is 10.0 Å². The zero-order valence-corrected chi connectivity index (χ0v) is 9.68. The molecule has 0 aromatic heterocycles. The molecule has 0 aliphatic heterocycles. The number of hydrogen-bond donors (Lipinski definition) is 1. The highest BCUT2D eigenvalue weighted by molar-refractivity contribution is 6.35. The molecule has 1 aromatic rings. The highest BCUT2D eigenvalue weighted by atomic mass is 35.5. The average Bonchev–Trinajstić information content (AvgIpc) is 2.09. The fraction of sp³-hybridized carbons (Fsp3) is 0.400. The number of benzene rings is 1. The lowest BCUT2D eigenvalue weighted by molar-refractivity contribution is 0.171. The third kappa shape index (κ3) is 2.61. The molecule has 1 atom stereocenters. The molecule has 0 aliphatic carbocycles. The maximum absolute atomic E-state index is 9.21. The van der Waals surface area contributed by atoms with Crippen molar-refractivity contribution in [1.29, 1.82) is 0 Å². The summed E-state index contributed by atoms with van der Waals surface area (Å²) in [6, 6.07) is 5.21. The fourth-order valence-electron chi connectivity index (χ4n) is 1.31. The van der Waals surface area contributed by atoms with E-state index in [-0.39, 0.29) is 12.6 Å². The molecule has 14 heavy (non-hydrogen) atoms. The predicted molar refractivity (Wildman–Crippen MR) is 60.0 cm³/mol. The van der Waals surface area contributed by atoms with Crippen LogP contribution in [0.1, 0.15) is 11.6 Å². The van der Waals surface area contributed by atoms with Gasteiger partial charge in [0.05, 0.1) is 12.6 Å². The molecule has 78 valence electrons. The number of likely N-dealkylation sites (N-methyl/N-ethyl adjacent to an activating group) is 1. The Kier molecular flexibility index (Phi) is 4.20. The van der Waals surface area contributed by atoms with Gasteiger partial charge in [0.15, 0.2) is 0 Å².